The van der Waals surface area contributed by atoms with Gasteiger partial charge in [-0.15, -0.1) is 13.2 Å². The number of aliphatic hydroxyl groups is 1. The van der Waals surface area contributed by atoms with Crippen molar-refractivity contribution in [2.24, 2.45) is 11.8 Å². The van der Waals surface area contributed by atoms with E-state index in [0.29, 0.717) is 36.6 Å². The molecule has 0 aliphatic carbocycles. The molecule has 7 atom stereocenters. The molecule has 48 heavy (non-hydrogen) atoms. The summed E-state index contributed by atoms with van der Waals surface area (Å²) in [5.41, 5.74) is 0.00722. The van der Waals surface area contributed by atoms with Crippen molar-refractivity contribution in [1.29, 1.82) is 0 Å². The summed E-state index contributed by atoms with van der Waals surface area (Å²) < 4.78 is 12.4. The van der Waals surface area contributed by atoms with E-state index in [4.69, 9.17) is 9.47 Å². The molecule has 3 aromatic carbocycles. The fourth-order valence-electron chi connectivity index (χ4n) is 7.90. The number of hydrogen-bond donors (Lipinski definition) is 1. The van der Waals surface area contributed by atoms with Gasteiger partial charge in [0.05, 0.1) is 37.2 Å². The van der Waals surface area contributed by atoms with Crippen LogP contribution in [0.15, 0.2) is 92.0 Å². The molecule has 3 aliphatic heterocycles. The summed E-state index contributed by atoms with van der Waals surface area (Å²) in [7, 11) is 0. The van der Waals surface area contributed by atoms with E-state index in [-0.39, 0.29) is 42.2 Å². The van der Waals surface area contributed by atoms with Gasteiger partial charge >= 0.3 is 0 Å². The van der Waals surface area contributed by atoms with E-state index in [1.165, 1.54) is 4.90 Å². The molecule has 0 radical (unpaired) electrons. The van der Waals surface area contributed by atoms with Crippen LogP contribution >= 0.6 is 15.9 Å². The molecule has 1 spiro atoms. The van der Waals surface area contributed by atoms with Gasteiger partial charge in [-0.25, -0.2) is 0 Å². The standard InChI is InChI=1S/C38H42BrN3O6/c1-5-19-40(27-15-17-29(18-16-27)47-8-4)35(44)31-32-36(45)42(26(7-3)23-43)34(38(32)22-30(39)33(31)48-38)37(46)41(20-6-2)28-14-13-24-11-9-10-12-25(24)21-28/h5-6,9-18,21,26,30-34,43H,1-2,7-8,19-20,22-23H2,3-4H3/t26-,30?,31-,32-,33-,34?,38?/m0/s1. The number of likely N-dealkylation sites (tertiary alicyclic amines) is 1. The van der Waals surface area contributed by atoms with E-state index < -0.39 is 35.6 Å². The quantitative estimate of drug-likeness (QED) is 0.186. The van der Waals surface area contributed by atoms with Crippen LogP contribution in [0.2, 0.25) is 0 Å². The number of carbonyl (C=O) groups is 3. The lowest BCUT2D eigenvalue weighted by atomic mass is 9.70. The Balaban J connectivity index is 1.43. The molecule has 252 valence electrons. The van der Waals surface area contributed by atoms with Crippen molar-refractivity contribution in [3.8, 4) is 5.75 Å². The number of nitrogens with zero attached hydrogens (tertiary/aromatic N) is 3. The second-order valence-electron chi connectivity index (χ2n) is 12.6. The summed E-state index contributed by atoms with van der Waals surface area (Å²) in [6, 6.07) is 19.2. The second-order valence-corrected chi connectivity index (χ2v) is 13.8. The zero-order chi connectivity index (χ0) is 34.2. The molecule has 3 aliphatic rings. The molecule has 2 bridgehead atoms. The van der Waals surface area contributed by atoms with E-state index >= 15 is 4.79 Å². The lowest BCUT2D eigenvalue weighted by Gasteiger charge is -2.39. The number of fused-ring (bicyclic) bond motifs is 2. The summed E-state index contributed by atoms with van der Waals surface area (Å²) in [5, 5.41) is 12.5. The van der Waals surface area contributed by atoms with Gasteiger partial charge in [-0.2, -0.15) is 0 Å². The Morgan fingerprint density at radius 1 is 1.02 bits per heavy atom. The Morgan fingerprint density at radius 2 is 1.67 bits per heavy atom. The van der Waals surface area contributed by atoms with Crippen LogP contribution in [0.1, 0.15) is 26.7 Å². The van der Waals surface area contributed by atoms with Crippen molar-refractivity contribution < 1.29 is 29.0 Å². The predicted octanol–water partition coefficient (Wildman–Crippen LogP) is 5.50. The Kier molecular flexibility index (Phi) is 9.79. The van der Waals surface area contributed by atoms with Crippen molar-refractivity contribution in [3.05, 3.63) is 92.0 Å². The largest absolute Gasteiger partial charge is 0.494 e. The first kappa shape index (κ1) is 33.9. The molecule has 6 rings (SSSR count). The van der Waals surface area contributed by atoms with Crippen LogP contribution in [0, 0.1) is 11.8 Å². The van der Waals surface area contributed by atoms with Crippen LogP contribution in [0.3, 0.4) is 0 Å². The Hall–Kier alpha value is -3.99. The van der Waals surface area contributed by atoms with Crippen LogP contribution in [0.25, 0.3) is 10.8 Å². The number of anilines is 2. The number of rotatable bonds is 13. The molecule has 3 amide bonds. The van der Waals surface area contributed by atoms with Crippen LogP contribution in [-0.2, 0) is 19.1 Å². The van der Waals surface area contributed by atoms with Crippen molar-refractivity contribution in [3.63, 3.8) is 0 Å². The maximum atomic E-state index is 15.0. The first-order valence-corrected chi connectivity index (χ1v) is 17.5. The number of alkyl halides is 1. The van der Waals surface area contributed by atoms with E-state index in [2.05, 4.69) is 29.1 Å². The van der Waals surface area contributed by atoms with E-state index in [1.54, 1.807) is 34.1 Å². The van der Waals surface area contributed by atoms with E-state index in [0.717, 1.165) is 10.8 Å². The predicted molar refractivity (Wildman–Crippen MR) is 190 cm³/mol. The zero-order valence-electron chi connectivity index (χ0n) is 27.3. The van der Waals surface area contributed by atoms with Crippen LogP contribution in [0.4, 0.5) is 11.4 Å². The number of benzene rings is 3. The molecule has 9 nitrogen and oxygen atoms in total. The number of amides is 3. The van der Waals surface area contributed by atoms with Gasteiger partial charge in [0.2, 0.25) is 11.8 Å². The number of halogens is 1. The minimum Gasteiger partial charge on any atom is -0.494 e. The van der Waals surface area contributed by atoms with Crippen molar-refractivity contribution in [2.75, 3.05) is 36.1 Å². The van der Waals surface area contributed by atoms with Crippen molar-refractivity contribution >= 4 is 55.8 Å². The average molecular weight is 717 g/mol. The number of carbonyl (C=O) groups excluding carboxylic acids is 3. The summed E-state index contributed by atoms with van der Waals surface area (Å²) in [4.78, 5) is 48.9. The Labute approximate surface area is 289 Å². The maximum Gasteiger partial charge on any atom is 0.253 e. The second kappa shape index (κ2) is 13.9. The van der Waals surface area contributed by atoms with Gasteiger partial charge in [0.25, 0.3) is 5.91 Å². The Bertz CT molecular complexity index is 1710. The minimum atomic E-state index is -1.29. The molecule has 0 aromatic heterocycles. The van der Waals surface area contributed by atoms with Crippen LogP contribution in [-0.4, -0.2) is 82.6 Å². The average Bonchev–Trinajstić information content (AvgIpc) is 3.70. The van der Waals surface area contributed by atoms with Gasteiger partial charge in [-0.05, 0) is 66.9 Å². The molecule has 3 heterocycles. The molecular weight excluding hydrogens is 674 g/mol. The highest BCUT2D eigenvalue weighted by molar-refractivity contribution is 9.09. The van der Waals surface area contributed by atoms with E-state index in [9.17, 15) is 14.7 Å². The highest BCUT2D eigenvalue weighted by Crippen LogP contribution is 2.61. The summed E-state index contributed by atoms with van der Waals surface area (Å²) in [6.07, 6.45) is 3.44. The fraction of sp³-hybridized carbons (Fsp3) is 0.395. The minimum absolute atomic E-state index is 0.195. The first-order valence-electron chi connectivity index (χ1n) is 16.6. The molecule has 3 saturated heterocycles. The SMILES string of the molecule is C=CCN(C(=O)C1N([C@@H](CC)CO)C(=O)[C@@H]2[C@H](C(=O)N(CC=C)c3ccc(OCC)cc3)[C@H]3OC12CC3Br)c1ccc2ccccc2c1. The first-order chi connectivity index (χ1) is 23.2. The topological polar surface area (TPSA) is 99.6 Å². The van der Waals surface area contributed by atoms with Gasteiger partial charge in [-0.3, -0.25) is 14.4 Å². The number of aliphatic hydroxyl groups excluding tert-OH is 1. The van der Waals surface area contributed by atoms with E-state index in [1.807, 2.05) is 68.4 Å². The third-order valence-electron chi connectivity index (χ3n) is 9.98. The van der Waals surface area contributed by atoms with Gasteiger partial charge < -0.3 is 29.3 Å². The molecular formula is C38H42BrN3O6. The van der Waals surface area contributed by atoms with Crippen molar-refractivity contribution in [2.45, 2.75) is 55.3 Å². The van der Waals surface area contributed by atoms with Gasteiger partial charge in [0.1, 0.15) is 17.4 Å². The normalized spacial score (nSPS) is 26.3. The number of hydrogen-bond acceptors (Lipinski definition) is 6. The zero-order valence-corrected chi connectivity index (χ0v) is 28.9. The summed E-state index contributed by atoms with van der Waals surface area (Å²) >= 11 is 3.78. The third-order valence-corrected chi connectivity index (χ3v) is 10.8. The smallest absolute Gasteiger partial charge is 0.253 e. The lowest BCUT2D eigenvalue weighted by Crippen LogP contribution is -2.59. The molecule has 3 unspecified atom stereocenters. The third kappa shape index (κ3) is 5.53. The highest BCUT2D eigenvalue weighted by atomic mass is 79.9. The molecule has 1 N–H and O–H groups in total. The van der Waals surface area contributed by atoms with Gasteiger partial charge in [-0.1, -0.05) is 65.3 Å². The summed E-state index contributed by atoms with van der Waals surface area (Å²) in [6.45, 7) is 12.2. The van der Waals surface area contributed by atoms with Crippen LogP contribution in [0.5, 0.6) is 5.75 Å². The van der Waals surface area contributed by atoms with Crippen LogP contribution < -0.4 is 14.5 Å². The van der Waals surface area contributed by atoms with Gasteiger partial charge in [0, 0.05) is 29.3 Å². The van der Waals surface area contributed by atoms with Crippen molar-refractivity contribution in [1.82, 2.24) is 4.90 Å². The maximum absolute atomic E-state index is 15.0. The number of ether oxygens (including phenoxy) is 2. The molecule has 0 saturated carbocycles. The molecule has 3 fully saturated rings. The highest BCUT2D eigenvalue weighted by Gasteiger charge is 2.77. The van der Waals surface area contributed by atoms with Gasteiger partial charge in [0.15, 0.2) is 0 Å². The summed E-state index contributed by atoms with van der Waals surface area (Å²) in [5.74, 6) is -2.07. The Morgan fingerprint density at radius 3 is 2.29 bits per heavy atom. The molecule has 3 aromatic rings. The lowest BCUT2D eigenvalue weighted by molar-refractivity contribution is -0.144. The monoisotopic (exact) mass is 715 g/mol. The fourth-order valence-corrected chi connectivity index (χ4v) is 8.84. The molecule has 10 heteroatoms.